The molecule has 0 saturated heterocycles. The first-order valence-electron chi connectivity index (χ1n) is 6.85. The summed E-state index contributed by atoms with van der Waals surface area (Å²) < 4.78 is 0. The molecule has 0 aromatic heterocycles. The quantitative estimate of drug-likeness (QED) is 0.479. The van der Waals surface area contributed by atoms with Gasteiger partial charge in [0.15, 0.2) is 0 Å². The zero-order valence-electron chi connectivity index (χ0n) is 11.9. The Balaban J connectivity index is 0.00000161. The molecular weight excluding hydrogens is 366 g/mol. The van der Waals surface area contributed by atoms with E-state index in [0.29, 0.717) is 0 Å². The zero-order valence-corrected chi connectivity index (χ0v) is 14.4. The van der Waals surface area contributed by atoms with Gasteiger partial charge >= 0.3 is 0 Å². The summed E-state index contributed by atoms with van der Waals surface area (Å²) in [5.74, 6) is 0. The molecule has 0 aliphatic carbocycles. The third kappa shape index (κ3) is 3.17. The van der Waals surface area contributed by atoms with Gasteiger partial charge in [0, 0.05) is 20.4 Å². The van der Waals surface area contributed by atoms with E-state index in [1.165, 1.54) is 15.9 Å². The van der Waals surface area contributed by atoms with E-state index in [1.54, 1.807) is 0 Å². The van der Waals surface area contributed by atoms with Crippen LogP contribution in [-0.2, 0) is 20.4 Å². The molecule has 0 atom stereocenters. The van der Waals surface area contributed by atoms with Gasteiger partial charge in [-0.25, -0.2) is 0 Å². The molecule has 0 saturated carbocycles. The second-order valence-corrected chi connectivity index (χ2v) is 8.57. The maximum absolute atomic E-state index is 2.41. The minimum Gasteiger partial charge on any atom is -0.0620 e. The summed E-state index contributed by atoms with van der Waals surface area (Å²) in [5, 5.41) is 4.28. The van der Waals surface area contributed by atoms with Crippen LogP contribution < -0.4 is 15.9 Å². The van der Waals surface area contributed by atoms with E-state index in [0.717, 1.165) is 0 Å². The van der Waals surface area contributed by atoms with Crippen molar-refractivity contribution in [3.8, 4) is 0 Å². The Morgan fingerprint density at radius 3 is 0.952 bits per heavy atom. The maximum Gasteiger partial charge on any atom is 0.109 e. The van der Waals surface area contributed by atoms with Crippen LogP contribution in [0.2, 0.25) is 0 Å². The van der Waals surface area contributed by atoms with E-state index in [1.807, 2.05) is 0 Å². The number of hydrogen-bond acceptors (Lipinski definition) is 0. The first-order valence-corrected chi connectivity index (χ1v) is 9.09. The van der Waals surface area contributed by atoms with Gasteiger partial charge < -0.3 is 0 Å². The predicted octanol–water partition coefficient (Wildman–Crippen LogP) is 3.61. The molecule has 0 N–H and O–H groups in total. The van der Waals surface area contributed by atoms with Crippen LogP contribution in [0.1, 0.15) is 0 Å². The molecule has 0 aliphatic rings. The maximum atomic E-state index is 2.41. The summed E-state index contributed by atoms with van der Waals surface area (Å²) >= 11 is 0. The van der Waals surface area contributed by atoms with Crippen molar-refractivity contribution in [2.75, 3.05) is 6.66 Å². The van der Waals surface area contributed by atoms with Gasteiger partial charge in [0.1, 0.15) is 23.2 Å². The van der Waals surface area contributed by atoms with Crippen LogP contribution in [0.25, 0.3) is 0 Å². The van der Waals surface area contributed by atoms with Crippen LogP contribution in [0, 0.1) is 0 Å². The molecule has 3 aromatic rings. The summed E-state index contributed by atoms with van der Waals surface area (Å²) in [6, 6.07) is 32.6. The zero-order chi connectivity index (χ0) is 13.8. The molecule has 0 aliphatic heterocycles. The number of rotatable bonds is 3. The van der Waals surface area contributed by atoms with E-state index in [4.69, 9.17) is 0 Å². The van der Waals surface area contributed by atoms with Crippen LogP contribution in [0.4, 0.5) is 0 Å². The van der Waals surface area contributed by atoms with Gasteiger partial charge in [-0.1, -0.05) is 54.6 Å². The summed E-state index contributed by atoms with van der Waals surface area (Å²) in [6.45, 7) is 2.41. The second kappa shape index (κ2) is 7.15. The van der Waals surface area contributed by atoms with Gasteiger partial charge in [0.25, 0.3) is 0 Å². The third-order valence-electron chi connectivity index (χ3n) is 3.82. The Labute approximate surface area is 141 Å². The van der Waals surface area contributed by atoms with Gasteiger partial charge in [0.2, 0.25) is 0 Å². The van der Waals surface area contributed by atoms with Crippen molar-refractivity contribution >= 4 is 23.2 Å². The molecule has 108 valence electrons. The van der Waals surface area contributed by atoms with Crippen LogP contribution in [0.15, 0.2) is 91.0 Å². The van der Waals surface area contributed by atoms with Crippen molar-refractivity contribution in [3.63, 3.8) is 0 Å². The Kier molecular flexibility index (Phi) is 5.49. The summed E-state index contributed by atoms with van der Waals surface area (Å²) in [4.78, 5) is 0. The Bertz CT molecular complexity index is 569. The molecule has 3 rings (SSSR count). The summed E-state index contributed by atoms with van der Waals surface area (Å²) in [5.41, 5.74) is 0. The molecule has 0 spiro atoms. The first kappa shape index (κ1) is 16.1. The third-order valence-corrected chi connectivity index (χ3v) is 7.81. The molecule has 0 unspecified atom stereocenters. The van der Waals surface area contributed by atoms with Crippen molar-refractivity contribution < 1.29 is 20.4 Å². The Hall–Kier alpha value is -1.25. The SMILES string of the molecule is C[P+](c1ccccc1)(c1ccccc1)c1ccccc1.[Pd]. The van der Waals surface area contributed by atoms with Crippen LogP contribution in [0.5, 0.6) is 0 Å². The molecule has 2 heteroatoms. The van der Waals surface area contributed by atoms with Gasteiger partial charge in [0.05, 0.1) is 6.66 Å². The van der Waals surface area contributed by atoms with E-state index >= 15 is 0 Å². The standard InChI is InChI=1S/C19H18P.Pd/c1-20(17-11-5-2-6-12-17,18-13-7-3-8-14-18)19-15-9-4-10-16-19;/h2-16H,1H3;/q+1;. The minimum absolute atomic E-state index is 0. The topological polar surface area (TPSA) is 0 Å². The summed E-state index contributed by atoms with van der Waals surface area (Å²) in [7, 11) is -1.53. The van der Waals surface area contributed by atoms with E-state index < -0.39 is 7.26 Å². The molecule has 0 nitrogen and oxygen atoms in total. The average Bonchev–Trinajstić information content (AvgIpc) is 2.56. The van der Waals surface area contributed by atoms with Crippen molar-refractivity contribution in [1.29, 1.82) is 0 Å². The van der Waals surface area contributed by atoms with Crippen molar-refractivity contribution in [3.05, 3.63) is 91.0 Å². The van der Waals surface area contributed by atoms with Crippen molar-refractivity contribution in [1.82, 2.24) is 0 Å². The van der Waals surface area contributed by atoms with Gasteiger partial charge in [-0.15, -0.1) is 0 Å². The van der Waals surface area contributed by atoms with E-state index in [-0.39, 0.29) is 20.4 Å². The van der Waals surface area contributed by atoms with Crippen molar-refractivity contribution in [2.45, 2.75) is 0 Å². The summed E-state index contributed by atoms with van der Waals surface area (Å²) in [6.07, 6.45) is 0. The first-order chi connectivity index (χ1) is 9.82. The molecular formula is C19H18PPd+. The smallest absolute Gasteiger partial charge is 0.0620 e. The fourth-order valence-electron chi connectivity index (χ4n) is 2.63. The molecule has 0 amide bonds. The largest absolute Gasteiger partial charge is 0.109 e. The Morgan fingerprint density at radius 1 is 0.476 bits per heavy atom. The number of benzene rings is 3. The molecule has 21 heavy (non-hydrogen) atoms. The van der Waals surface area contributed by atoms with Crippen molar-refractivity contribution in [2.24, 2.45) is 0 Å². The molecule has 3 aromatic carbocycles. The molecule has 0 fully saturated rings. The minimum atomic E-state index is -1.53. The fraction of sp³-hybridized carbons (Fsp3) is 0.0526. The van der Waals surface area contributed by atoms with Crippen LogP contribution in [0.3, 0.4) is 0 Å². The van der Waals surface area contributed by atoms with Crippen LogP contribution in [-0.4, -0.2) is 6.66 Å². The molecule has 0 bridgehead atoms. The Morgan fingerprint density at radius 2 is 0.714 bits per heavy atom. The van der Waals surface area contributed by atoms with Gasteiger partial charge in [-0.05, 0) is 36.4 Å². The predicted molar refractivity (Wildman–Crippen MR) is 91.1 cm³/mol. The fourth-order valence-corrected chi connectivity index (χ4v) is 5.83. The monoisotopic (exact) mass is 383 g/mol. The van der Waals surface area contributed by atoms with Crippen LogP contribution >= 0.6 is 7.26 Å². The average molecular weight is 384 g/mol. The van der Waals surface area contributed by atoms with E-state index in [9.17, 15) is 0 Å². The van der Waals surface area contributed by atoms with E-state index in [2.05, 4.69) is 97.7 Å². The van der Waals surface area contributed by atoms with Gasteiger partial charge in [-0.3, -0.25) is 0 Å². The normalized spacial score (nSPS) is 10.7. The molecule has 0 heterocycles. The number of hydrogen-bond donors (Lipinski definition) is 0. The second-order valence-electron chi connectivity index (χ2n) is 5.01. The van der Waals surface area contributed by atoms with Gasteiger partial charge in [-0.2, -0.15) is 0 Å². The molecule has 0 radical (unpaired) electrons.